The number of hydrogen-bond donors (Lipinski definition) is 1. The maximum atomic E-state index is 13.4. The van der Waals surface area contributed by atoms with Crippen molar-refractivity contribution in [3.8, 4) is 0 Å². The Morgan fingerprint density at radius 2 is 1.78 bits per heavy atom. The first kappa shape index (κ1) is 18.6. The molecule has 4 rings (SSSR count). The normalized spacial score (nSPS) is 21.1. The van der Waals surface area contributed by atoms with Gasteiger partial charge >= 0.3 is 0 Å². The molecule has 0 unspecified atom stereocenters. The van der Waals surface area contributed by atoms with Crippen LogP contribution in [0.3, 0.4) is 0 Å². The summed E-state index contributed by atoms with van der Waals surface area (Å²) in [6.45, 7) is 1.92. The zero-order chi connectivity index (χ0) is 18.7. The van der Waals surface area contributed by atoms with Crippen molar-refractivity contribution in [1.29, 1.82) is 0 Å². The molecule has 144 valence electrons. The van der Waals surface area contributed by atoms with Gasteiger partial charge in [0.2, 0.25) is 5.91 Å². The Hall–Kier alpha value is -1.72. The Morgan fingerprint density at radius 1 is 1.07 bits per heavy atom. The van der Waals surface area contributed by atoms with Gasteiger partial charge in [0.1, 0.15) is 5.82 Å². The van der Waals surface area contributed by atoms with Gasteiger partial charge in [-0.1, -0.05) is 31.0 Å². The highest BCUT2D eigenvalue weighted by Gasteiger charge is 2.44. The minimum atomic E-state index is -0.372. The summed E-state index contributed by atoms with van der Waals surface area (Å²) in [5, 5.41) is 5.35. The van der Waals surface area contributed by atoms with E-state index in [0.717, 1.165) is 44.1 Å². The van der Waals surface area contributed by atoms with Crippen molar-refractivity contribution in [1.82, 2.24) is 5.32 Å². The molecule has 1 aromatic heterocycles. The van der Waals surface area contributed by atoms with Crippen molar-refractivity contribution >= 4 is 17.2 Å². The third-order valence-corrected chi connectivity index (χ3v) is 7.45. The molecule has 2 aromatic rings. The number of amides is 1. The Kier molecular flexibility index (Phi) is 5.33. The number of carbonyl (C=O) groups is 1. The predicted octanol–water partition coefficient (Wildman–Crippen LogP) is 4.56. The fourth-order valence-corrected chi connectivity index (χ4v) is 5.65. The number of ether oxygens (including phenoxy) is 1. The van der Waals surface area contributed by atoms with Gasteiger partial charge in [-0.2, -0.15) is 0 Å². The van der Waals surface area contributed by atoms with Crippen LogP contribution in [0.15, 0.2) is 41.8 Å². The van der Waals surface area contributed by atoms with Crippen molar-refractivity contribution in [2.45, 2.75) is 49.4 Å². The van der Waals surface area contributed by atoms with Crippen molar-refractivity contribution in [3.05, 3.63) is 58.0 Å². The Morgan fingerprint density at radius 3 is 2.41 bits per heavy atom. The zero-order valence-corrected chi connectivity index (χ0v) is 16.3. The van der Waals surface area contributed by atoms with E-state index in [1.165, 1.54) is 17.0 Å². The standard InChI is InChI=1S/C22H26FNO2S/c23-18-7-5-17(6-8-18)21(11-13-26-14-12-21)16-24-20(25)22(9-1-2-10-22)19-4-3-15-27-19/h3-8,15H,1-2,9-14,16H2,(H,24,25). The third kappa shape index (κ3) is 3.55. The smallest absolute Gasteiger partial charge is 0.231 e. The highest BCUT2D eigenvalue weighted by molar-refractivity contribution is 7.10. The molecule has 0 atom stereocenters. The molecule has 1 saturated carbocycles. The maximum absolute atomic E-state index is 13.4. The van der Waals surface area contributed by atoms with E-state index >= 15 is 0 Å². The van der Waals surface area contributed by atoms with E-state index in [0.29, 0.717) is 19.8 Å². The van der Waals surface area contributed by atoms with Crippen LogP contribution >= 0.6 is 11.3 Å². The van der Waals surface area contributed by atoms with Crippen LogP contribution in [0, 0.1) is 5.82 Å². The molecule has 1 aliphatic heterocycles. The topological polar surface area (TPSA) is 38.3 Å². The van der Waals surface area contributed by atoms with Gasteiger partial charge in [0.15, 0.2) is 0 Å². The molecule has 2 aliphatic rings. The number of thiophene rings is 1. The van der Waals surface area contributed by atoms with Crippen LogP contribution in [0.25, 0.3) is 0 Å². The lowest BCUT2D eigenvalue weighted by Gasteiger charge is -2.39. The fraction of sp³-hybridized carbons (Fsp3) is 0.500. The van der Waals surface area contributed by atoms with Crippen molar-refractivity contribution < 1.29 is 13.9 Å². The summed E-state index contributed by atoms with van der Waals surface area (Å²) >= 11 is 1.68. The van der Waals surface area contributed by atoms with Gasteiger partial charge < -0.3 is 10.1 Å². The largest absolute Gasteiger partial charge is 0.381 e. The summed E-state index contributed by atoms with van der Waals surface area (Å²) in [4.78, 5) is 14.5. The molecule has 5 heteroatoms. The molecule has 1 amide bonds. The van der Waals surface area contributed by atoms with Crippen molar-refractivity contribution in [3.63, 3.8) is 0 Å². The van der Waals surface area contributed by atoms with Gasteiger partial charge in [-0.3, -0.25) is 4.79 Å². The summed E-state index contributed by atoms with van der Waals surface area (Å²) < 4.78 is 19.0. The van der Waals surface area contributed by atoms with E-state index in [-0.39, 0.29) is 22.6 Å². The summed E-state index contributed by atoms with van der Waals surface area (Å²) in [5.74, 6) is -0.0805. The highest BCUT2D eigenvalue weighted by Crippen LogP contribution is 2.43. The number of hydrogen-bond acceptors (Lipinski definition) is 3. The molecule has 1 aromatic carbocycles. The third-order valence-electron chi connectivity index (χ3n) is 6.38. The van der Waals surface area contributed by atoms with Crippen LogP contribution in [0.5, 0.6) is 0 Å². The second-order valence-electron chi connectivity index (χ2n) is 7.85. The van der Waals surface area contributed by atoms with Gasteiger partial charge in [-0.15, -0.1) is 11.3 Å². The highest BCUT2D eigenvalue weighted by atomic mass is 32.1. The number of halogens is 1. The Labute approximate surface area is 163 Å². The first-order valence-electron chi connectivity index (χ1n) is 9.81. The minimum absolute atomic E-state index is 0.149. The molecule has 0 bridgehead atoms. The molecule has 2 heterocycles. The van der Waals surface area contributed by atoms with E-state index in [9.17, 15) is 9.18 Å². The lowest BCUT2D eigenvalue weighted by Crippen LogP contribution is -2.49. The zero-order valence-electron chi connectivity index (χ0n) is 15.5. The predicted molar refractivity (Wildman–Crippen MR) is 106 cm³/mol. The van der Waals surface area contributed by atoms with Gasteiger partial charge in [0.05, 0.1) is 5.41 Å². The fourth-order valence-electron chi connectivity index (χ4n) is 4.67. The number of benzene rings is 1. The Balaban J connectivity index is 1.55. The SMILES string of the molecule is O=C(NCC1(c2ccc(F)cc2)CCOCC1)C1(c2cccs2)CCCC1. The van der Waals surface area contributed by atoms with E-state index in [2.05, 4.69) is 16.8 Å². The first-order chi connectivity index (χ1) is 13.1. The van der Waals surface area contributed by atoms with E-state index < -0.39 is 0 Å². The molecule has 0 radical (unpaired) electrons. The van der Waals surface area contributed by atoms with E-state index in [1.807, 2.05) is 18.2 Å². The quantitative estimate of drug-likeness (QED) is 0.817. The van der Waals surface area contributed by atoms with Crippen LogP contribution in [-0.4, -0.2) is 25.7 Å². The van der Waals surface area contributed by atoms with Gasteiger partial charge in [-0.05, 0) is 54.8 Å². The Bertz CT molecular complexity index is 760. The van der Waals surface area contributed by atoms with Crippen molar-refractivity contribution in [2.24, 2.45) is 0 Å². The maximum Gasteiger partial charge on any atom is 0.231 e. The summed E-state index contributed by atoms with van der Waals surface area (Å²) in [7, 11) is 0. The van der Waals surface area contributed by atoms with E-state index in [4.69, 9.17) is 4.74 Å². The number of carbonyl (C=O) groups excluding carboxylic acids is 1. The second-order valence-corrected chi connectivity index (χ2v) is 8.80. The van der Waals surface area contributed by atoms with Crippen LogP contribution in [-0.2, 0) is 20.4 Å². The average molecular weight is 388 g/mol. The molecule has 1 aliphatic carbocycles. The van der Waals surface area contributed by atoms with Crippen LogP contribution in [0.1, 0.15) is 49.0 Å². The minimum Gasteiger partial charge on any atom is -0.381 e. The lowest BCUT2D eigenvalue weighted by molar-refractivity contribution is -0.127. The molecular formula is C22H26FNO2S. The number of nitrogens with one attached hydrogen (secondary N) is 1. The molecular weight excluding hydrogens is 361 g/mol. The molecule has 3 nitrogen and oxygen atoms in total. The van der Waals surface area contributed by atoms with Crippen LogP contribution in [0.4, 0.5) is 4.39 Å². The van der Waals surface area contributed by atoms with Crippen LogP contribution in [0.2, 0.25) is 0 Å². The molecule has 27 heavy (non-hydrogen) atoms. The monoisotopic (exact) mass is 387 g/mol. The van der Waals surface area contributed by atoms with Crippen molar-refractivity contribution in [2.75, 3.05) is 19.8 Å². The first-order valence-corrected chi connectivity index (χ1v) is 10.7. The van der Waals surface area contributed by atoms with Gasteiger partial charge in [0.25, 0.3) is 0 Å². The number of rotatable bonds is 5. The van der Waals surface area contributed by atoms with Gasteiger partial charge in [0, 0.05) is 30.1 Å². The summed E-state index contributed by atoms with van der Waals surface area (Å²) in [6.07, 6.45) is 5.72. The summed E-state index contributed by atoms with van der Waals surface area (Å²) in [6, 6.07) is 10.9. The van der Waals surface area contributed by atoms with E-state index in [1.54, 1.807) is 11.3 Å². The average Bonchev–Trinajstić information content (AvgIpc) is 3.40. The molecule has 0 spiro atoms. The van der Waals surface area contributed by atoms with Crippen LogP contribution < -0.4 is 5.32 Å². The molecule has 1 saturated heterocycles. The van der Waals surface area contributed by atoms with Gasteiger partial charge in [-0.25, -0.2) is 4.39 Å². The second kappa shape index (κ2) is 7.72. The summed E-state index contributed by atoms with van der Waals surface area (Å²) in [5.41, 5.74) is 0.532. The molecule has 2 fully saturated rings. The lowest BCUT2D eigenvalue weighted by atomic mass is 9.73. The molecule has 1 N–H and O–H groups in total.